The average Bonchev–Trinajstić information content (AvgIpc) is 3.69. The van der Waals surface area contributed by atoms with E-state index in [0.29, 0.717) is 25.7 Å². The first-order valence-corrected chi connectivity index (χ1v) is 38.1. The molecular weight excluding hydrogens is 1140 g/mol. The number of ether oxygens (including phenoxy) is 4. The third kappa shape index (κ3) is 60.9. The van der Waals surface area contributed by atoms with Gasteiger partial charge in [-0.1, -0.05) is 291 Å². The van der Waals surface area contributed by atoms with Crippen LogP contribution < -0.4 is 0 Å². The molecule has 0 bridgehead atoms. The van der Waals surface area contributed by atoms with Crippen molar-refractivity contribution in [2.45, 2.75) is 361 Å². The summed E-state index contributed by atoms with van der Waals surface area (Å²) in [6.07, 6.45) is 46.3. The predicted molar refractivity (Wildman–Crippen MR) is 345 cm³/mol. The number of unbranched alkanes of at least 4 members (excludes halogenated alkanes) is 39. The molecule has 2 unspecified atom stereocenters. The first-order chi connectivity index (χ1) is 41.5. The molecule has 0 amide bonds. The number of carbonyl (C=O) groups excluding carboxylic acids is 4. The zero-order chi connectivity index (χ0) is 63.5. The lowest BCUT2D eigenvalue weighted by molar-refractivity contribution is -0.161. The maximum absolute atomic E-state index is 13.0. The lowest BCUT2D eigenvalue weighted by atomic mass is 10.0. The molecule has 0 aliphatic heterocycles. The highest BCUT2D eigenvalue weighted by atomic mass is 31.2. The van der Waals surface area contributed by atoms with Crippen molar-refractivity contribution < 1.29 is 80.2 Å². The number of esters is 4. The van der Waals surface area contributed by atoms with Gasteiger partial charge < -0.3 is 33.8 Å². The minimum atomic E-state index is -4.95. The Labute approximate surface area is 524 Å². The van der Waals surface area contributed by atoms with E-state index in [-0.39, 0.29) is 25.7 Å². The third-order valence-electron chi connectivity index (χ3n) is 15.5. The van der Waals surface area contributed by atoms with Gasteiger partial charge in [-0.2, -0.15) is 0 Å². The van der Waals surface area contributed by atoms with Gasteiger partial charge in [-0.15, -0.1) is 0 Å². The molecule has 5 atom stereocenters. The summed E-state index contributed by atoms with van der Waals surface area (Å²) >= 11 is 0. The van der Waals surface area contributed by atoms with E-state index >= 15 is 0 Å². The lowest BCUT2D eigenvalue weighted by Gasteiger charge is -2.21. The maximum Gasteiger partial charge on any atom is 0.472 e. The number of phosphoric ester groups is 2. The van der Waals surface area contributed by atoms with E-state index in [1.54, 1.807) is 0 Å². The van der Waals surface area contributed by atoms with E-state index in [0.717, 1.165) is 109 Å². The molecule has 0 rings (SSSR count). The van der Waals surface area contributed by atoms with Crippen molar-refractivity contribution in [2.24, 2.45) is 5.92 Å². The van der Waals surface area contributed by atoms with Gasteiger partial charge in [0.25, 0.3) is 0 Å². The van der Waals surface area contributed by atoms with Gasteiger partial charge in [0.15, 0.2) is 12.2 Å². The summed E-state index contributed by atoms with van der Waals surface area (Å²) in [5.74, 6) is -1.33. The summed E-state index contributed by atoms with van der Waals surface area (Å²) < 4.78 is 67.9. The molecule has 0 saturated carbocycles. The summed E-state index contributed by atoms with van der Waals surface area (Å²) in [5.41, 5.74) is 0. The van der Waals surface area contributed by atoms with Gasteiger partial charge in [0.05, 0.1) is 26.4 Å². The Morgan fingerprint density at radius 1 is 0.314 bits per heavy atom. The van der Waals surface area contributed by atoms with Crippen molar-refractivity contribution in [3.05, 3.63) is 0 Å². The Morgan fingerprint density at radius 3 is 0.791 bits per heavy atom. The van der Waals surface area contributed by atoms with Gasteiger partial charge >= 0.3 is 39.5 Å². The zero-order valence-corrected chi connectivity index (χ0v) is 57.2. The number of hydrogen-bond acceptors (Lipinski definition) is 15. The summed E-state index contributed by atoms with van der Waals surface area (Å²) in [5, 5.41) is 10.5. The van der Waals surface area contributed by atoms with Crippen LogP contribution in [0.4, 0.5) is 0 Å². The van der Waals surface area contributed by atoms with Crippen LogP contribution in [-0.4, -0.2) is 96.7 Å². The number of aliphatic hydroxyl groups excluding tert-OH is 1. The number of hydrogen-bond donors (Lipinski definition) is 3. The van der Waals surface area contributed by atoms with E-state index in [4.69, 9.17) is 37.0 Å². The van der Waals surface area contributed by atoms with E-state index in [9.17, 15) is 43.2 Å². The third-order valence-corrected chi connectivity index (χ3v) is 17.4. The number of carbonyl (C=O) groups is 4. The lowest BCUT2D eigenvalue weighted by Crippen LogP contribution is -2.30. The van der Waals surface area contributed by atoms with Gasteiger partial charge in [0, 0.05) is 25.7 Å². The van der Waals surface area contributed by atoms with Crippen LogP contribution in [0.25, 0.3) is 0 Å². The Bertz CT molecular complexity index is 1670. The van der Waals surface area contributed by atoms with Gasteiger partial charge in [0.2, 0.25) is 0 Å². The van der Waals surface area contributed by atoms with Crippen molar-refractivity contribution in [2.75, 3.05) is 39.6 Å². The molecular formula is C67H130O17P2. The number of rotatable bonds is 67. The quantitative estimate of drug-likeness (QED) is 0.0222. The second-order valence-corrected chi connectivity index (χ2v) is 27.6. The number of phosphoric acid groups is 2. The normalized spacial score (nSPS) is 14.2. The summed E-state index contributed by atoms with van der Waals surface area (Å²) in [6, 6.07) is 0. The highest BCUT2D eigenvalue weighted by Crippen LogP contribution is 2.45. The molecule has 0 aliphatic rings. The van der Waals surface area contributed by atoms with Crippen molar-refractivity contribution in [1.29, 1.82) is 0 Å². The Balaban J connectivity index is 5.12. The Morgan fingerprint density at radius 2 is 0.535 bits per heavy atom. The standard InChI is InChI=1S/C67H130O17P2/c1-6-9-12-15-17-19-20-21-27-30-33-37-41-46-51-65(70)78-57-63(84-67(72)53-48-43-38-34-31-28-25-23-22-24-26-29-32-35-40-44-49-60(4)5)59-82-86(75,76)80-55-61(68)54-79-85(73,74)81-58-62(56-77-64(69)50-45-39-14-11-8-3)83-66(71)52-47-42-36-18-16-13-10-7-2/h60-63,68H,6-59H2,1-5H3,(H,73,74)(H,75,76)/t61-,62+,63+/m0/s1. The van der Waals surface area contributed by atoms with E-state index in [2.05, 4.69) is 34.6 Å². The second kappa shape index (κ2) is 60.6. The molecule has 0 saturated heterocycles. The van der Waals surface area contributed by atoms with Gasteiger partial charge in [-0.05, 0) is 31.6 Å². The van der Waals surface area contributed by atoms with Crippen molar-refractivity contribution in [3.8, 4) is 0 Å². The largest absolute Gasteiger partial charge is 0.472 e. The van der Waals surface area contributed by atoms with Crippen LogP contribution in [0.15, 0.2) is 0 Å². The molecule has 0 radical (unpaired) electrons. The van der Waals surface area contributed by atoms with Crippen molar-refractivity contribution >= 4 is 39.5 Å². The van der Waals surface area contributed by atoms with E-state index < -0.39 is 97.5 Å². The van der Waals surface area contributed by atoms with Crippen LogP contribution >= 0.6 is 15.6 Å². The highest BCUT2D eigenvalue weighted by molar-refractivity contribution is 7.47. The summed E-state index contributed by atoms with van der Waals surface area (Å²) in [4.78, 5) is 72.0. The summed E-state index contributed by atoms with van der Waals surface area (Å²) in [6.45, 7) is 7.14. The van der Waals surface area contributed by atoms with E-state index in [1.165, 1.54) is 154 Å². The zero-order valence-electron chi connectivity index (χ0n) is 55.4. The van der Waals surface area contributed by atoms with Crippen molar-refractivity contribution in [1.82, 2.24) is 0 Å². The fourth-order valence-electron chi connectivity index (χ4n) is 10.1. The first kappa shape index (κ1) is 84.1. The molecule has 0 aromatic heterocycles. The topological polar surface area (TPSA) is 237 Å². The molecule has 0 heterocycles. The average molecular weight is 1270 g/mol. The molecule has 0 fully saturated rings. The number of aliphatic hydroxyl groups is 1. The molecule has 3 N–H and O–H groups in total. The fourth-order valence-corrected chi connectivity index (χ4v) is 11.7. The summed E-state index contributed by atoms with van der Waals surface area (Å²) in [7, 11) is -9.88. The van der Waals surface area contributed by atoms with Crippen LogP contribution in [0.5, 0.6) is 0 Å². The minimum absolute atomic E-state index is 0.104. The monoisotopic (exact) mass is 1270 g/mol. The highest BCUT2D eigenvalue weighted by Gasteiger charge is 2.30. The van der Waals surface area contributed by atoms with Gasteiger partial charge in [0.1, 0.15) is 19.3 Å². The van der Waals surface area contributed by atoms with Crippen LogP contribution in [0.2, 0.25) is 0 Å². The van der Waals surface area contributed by atoms with Crippen molar-refractivity contribution in [3.63, 3.8) is 0 Å². The fraction of sp³-hybridized carbons (Fsp3) is 0.940. The first-order valence-electron chi connectivity index (χ1n) is 35.1. The van der Waals surface area contributed by atoms with Crippen LogP contribution in [-0.2, 0) is 65.4 Å². The van der Waals surface area contributed by atoms with Crippen LogP contribution in [0.3, 0.4) is 0 Å². The van der Waals surface area contributed by atoms with Crippen LogP contribution in [0, 0.1) is 5.92 Å². The molecule has 17 nitrogen and oxygen atoms in total. The molecule has 19 heteroatoms. The molecule has 86 heavy (non-hydrogen) atoms. The van der Waals surface area contributed by atoms with Gasteiger partial charge in [-0.3, -0.25) is 37.3 Å². The minimum Gasteiger partial charge on any atom is -0.462 e. The predicted octanol–water partition coefficient (Wildman–Crippen LogP) is 19.0. The smallest absolute Gasteiger partial charge is 0.462 e. The van der Waals surface area contributed by atoms with Gasteiger partial charge in [-0.25, -0.2) is 9.13 Å². The van der Waals surface area contributed by atoms with E-state index in [1.807, 2.05) is 0 Å². The second-order valence-electron chi connectivity index (χ2n) is 24.7. The van der Waals surface area contributed by atoms with Crippen LogP contribution in [0.1, 0.15) is 343 Å². The Hall–Kier alpha value is -1.94. The molecule has 0 spiro atoms. The maximum atomic E-state index is 13.0. The molecule has 0 aliphatic carbocycles. The molecule has 0 aromatic carbocycles. The SMILES string of the molecule is CCCCCCCCCCCCCCCCC(=O)OC[C@H](COP(=O)(O)OC[C@@H](O)COP(=O)(O)OC[C@@H](COC(=O)CCCCCCC)OC(=O)CCCCCCCCCC)OC(=O)CCCCCCCCCCCCCCCCCCC(C)C. The Kier molecular flexibility index (Phi) is 59.2. The molecule has 510 valence electrons. The molecule has 0 aromatic rings.